The molecule has 15 heavy (non-hydrogen) atoms. The van der Waals surface area contributed by atoms with Crippen LogP contribution in [0.3, 0.4) is 0 Å². The van der Waals surface area contributed by atoms with Crippen LogP contribution in [0.1, 0.15) is 11.7 Å². The molecule has 0 spiro atoms. The highest BCUT2D eigenvalue weighted by Crippen LogP contribution is 2.34. The first kappa shape index (κ1) is 11.6. The van der Waals surface area contributed by atoms with Crippen molar-refractivity contribution in [2.75, 3.05) is 17.3 Å². The number of hydrogen-bond donors (Lipinski definition) is 1. The molecule has 0 aromatic carbocycles. The van der Waals surface area contributed by atoms with Gasteiger partial charge in [-0.3, -0.25) is 4.68 Å². The van der Waals surface area contributed by atoms with E-state index < -0.39 is 0 Å². The molecular weight excluding hydrogens is 250 g/mol. The van der Waals surface area contributed by atoms with Crippen molar-refractivity contribution in [3.63, 3.8) is 0 Å². The van der Waals surface area contributed by atoms with Crippen LogP contribution in [0.5, 0.6) is 0 Å². The topological polar surface area (TPSA) is 43.8 Å². The minimum atomic E-state index is -0.0113. The van der Waals surface area contributed by atoms with Gasteiger partial charge in [0.2, 0.25) is 0 Å². The number of hydrogen-bond acceptors (Lipinski definition) is 4. The number of nitrogens with zero attached hydrogens (tertiary/aromatic N) is 2. The summed E-state index contributed by atoms with van der Waals surface area (Å²) in [5, 5.41) is 5.26. The number of thioether (sulfide) groups is 2. The lowest BCUT2D eigenvalue weighted by Crippen LogP contribution is -2.30. The maximum absolute atomic E-state index is 6.24. The molecule has 1 aromatic rings. The van der Waals surface area contributed by atoms with Gasteiger partial charge in [0.25, 0.3) is 0 Å². The Morgan fingerprint density at radius 1 is 1.67 bits per heavy atom. The summed E-state index contributed by atoms with van der Waals surface area (Å²) < 4.78 is 1.78. The van der Waals surface area contributed by atoms with Gasteiger partial charge >= 0.3 is 0 Å². The Labute approximate surface area is 103 Å². The molecule has 2 rings (SSSR count). The van der Waals surface area contributed by atoms with Crippen molar-refractivity contribution >= 4 is 35.1 Å². The first-order chi connectivity index (χ1) is 7.20. The van der Waals surface area contributed by atoms with E-state index in [9.17, 15) is 0 Å². The van der Waals surface area contributed by atoms with Crippen molar-refractivity contribution in [3.05, 3.63) is 16.9 Å². The molecule has 6 heteroatoms. The van der Waals surface area contributed by atoms with Crippen LogP contribution in [-0.2, 0) is 7.05 Å². The molecule has 2 N–H and O–H groups in total. The van der Waals surface area contributed by atoms with Crippen LogP contribution in [0.15, 0.2) is 6.20 Å². The second kappa shape index (κ2) is 4.99. The van der Waals surface area contributed by atoms with Crippen molar-refractivity contribution in [1.82, 2.24) is 9.78 Å². The van der Waals surface area contributed by atoms with E-state index in [4.69, 9.17) is 17.3 Å². The summed E-state index contributed by atoms with van der Waals surface area (Å²) in [4.78, 5) is 0. The molecule has 2 heterocycles. The molecule has 1 aromatic heterocycles. The van der Waals surface area contributed by atoms with Crippen LogP contribution in [-0.4, -0.2) is 32.3 Å². The Bertz CT molecular complexity index is 317. The fourth-order valence-electron chi connectivity index (χ4n) is 1.68. The van der Waals surface area contributed by atoms with Crippen molar-refractivity contribution < 1.29 is 0 Å². The van der Waals surface area contributed by atoms with E-state index in [-0.39, 0.29) is 6.04 Å². The van der Waals surface area contributed by atoms with E-state index in [0.29, 0.717) is 10.3 Å². The van der Waals surface area contributed by atoms with Crippen molar-refractivity contribution in [1.29, 1.82) is 0 Å². The van der Waals surface area contributed by atoms with Crippen molar-refractivity contribution in [2.24, 2.45) is 12.8 Å². The van der Waals surface area contributed by atoms with Gasteiger partial charge in [0.1, 0.15) is 0 Å². The molecule has 0 saturated carbocycles. The average molecular weight is 264 g/mol. The number of rotatable bonds is 2. The minimum absolute atomic E-state index is 0.0113. The lowest BCUT2D eigenvalue weighted by Gasteiger charge is -2.26. The molecule has 0 aliphatic carbocycles. The molecule has 84 valence electrons. The summed E-state index contributed by atoms with van der Waals surface area (Å²) in [6.07, 6.45) is 1.66. The van der Waals surface area contributed by atoms with Crippen LogP contribution < -0.4 is 5.73 Å². The van der Waals surface area contributed by atoms with Crippen LogP contribution >= 0.6 is 35.1 Å². The van der Waals surface area contributed by atoms with Gasteiger partial charge < -0.3 is 5.73 Å². The SMILES string of the molecule is Cn1ncc(Cl)c1C(N)C1CSCCS1. The predicted octanol–water partition coefficient (Wildman–Crippen LogP) is 1.92. The van der Waals surface area contributed by atoms with Gasteiger partial charge in [0, 0.05) is 29.6 Å². The molecule has 3 nitrogen and oxygen atoms in total. The summed E-state index contributed by atoms with van der Waals surface area (Å²) in [6, 6.07) is -0.0113. The predicted molar refractivity (Wildman–Crippen MR) is 68.7 cm³/mol. The largest absolute Gasteiger partial charge is 0.322 e. The second-order valence-corrected chi connectivity index (χ2v) is 6.42. The fourth-order valence-corrected chi connectivity index (χ4v) is 4.75. The monoisotopic (exact) mass is 263 g/mol. The Kier molecular flexibility index (Phi) is 3.88. The number of halogens is 1. The van der Waals surface area contributed by atoms with Gasteiger partial charge in [-0.25, -0.2) is 0 Å². The third-order valence-electron chi connectivity index (χ3n) is 2.50. The molecule has 1 fully saturated rings. The Balaban J connectivity index is 2.15. The van der Waals surface area contributed by atoms with Crippen LogP contribution in [0.25, 0.3) is 0 Å². The quantitative estimate of drug-likeness (QED) is 0.886. The van der Waals surface area contributed by atoms with Gasteiger partial charge in [-0.2, -0.15) is 28.6 Å². The molecule has 0 bridgehead atoms. The summed E-state index contributed by atoms with van der Waals surface area (Å²) in [7, 11) is 1.89. The normalized spacial score (nSPS) is 24.1. The Hall–Kier alpha value is 0.160. The fraction of sp³-hybridized carbons (Fsp3) is 0.667. The van der Waals surface area contributed by atoms with Crippen LogP contribution in [0.2, 0.25) is 5.02 Å². The van der Waals surface area contributed by atoms with E-state index in [1.807, 2.05) is 30.6 Å². The molecule has 0 amide bonds. The lowest BCUT2D eigenvalue weighted by molar-refractivity contribution is 0.617. The van der Waals surface area contributed by atoms with Gasteiger partial charge in [0.15, 0.2) is 0 Å². The molecule has 1 aliphatic rings. The number of nitrogens with two attached hydrogens (primary N) is 1. The molecule has 2 atom stereocenters. The maximum Gasteiger partial charge on any atom is 0.0834 e. The third kappa shape index (κ3) is 2.46. The number of aromatic nitrogens is 2. The zero-order chi connectivity index (χ0) is 10.8. The summed E-state index contributed by atoms with van der Waals surface area (Å²) in [6.45, 7) is 0. The standard InChI is InChI=1S/C9H14ClN3S2/c1-13-9(6(10)4-12-13)8(11)7-5-14-2-3-15-7/h4,7-8H,2-3,5,11H2,1H3. The number of aryl methyl sites for hydroxylation is 1. The van der Waals surface area contributed by atoms with Crippen molar-refractivity contribution in [3.8, 4) is 0 Å². The van der Waals surface area contributed by atoms with Gasteiger partial charge in [-0.05, 0) is 0 Å². The van der Waals surface area contributed by atoms with E-state index in [1.165, 1.54) is 11.5 Å². The second-order valence-electron chi connectivity index (χ2n) is 3.51. The molecule has 2 unspecified atom stereocenters. The lowest BCUT2D eigenvalue weighted by atomic mass is 10.1. The maximum atomic E-state index is 6.24. The van der Waals surface area contributed by atoms with Crippen LogP contribution in [0.4, 0.5) is 0 Å². The third-order valence-corrected chi connectivity index (χ3v) is 5.67. The smallest absolute Gasteiger partial charge is 0.0834 e. The zero-order valence-electron chi connectivity index (χ0n) is 8.52. The van der Waals surface area contributed by atoms with Gasteiger partial charge in [-0.15, -0.1) is 0 Å². The minimum Gasteiger partial charge on any atom is -0.322 e. The highest BCUT2D eigenvalue weighted by Gasteiger charge is 2.26. The van der Waals surface area contributed by atoms with E-state index in [1.54, 1.807) is 10.9 Å². The van der Waals surface area contributed by atoms with Crippen LogP contribution in [0, 0.1) is 0 Å². The van der Waals surface area contributed by atoms with Gasteiger partial charge in [-0.1, -0.05) is 11.6 Å². The average Bonchev–Trinajstić information content (AvgIpc) is 2.59. The van der Waals surface area contributed by atoms with Crippen molar-refractivity contribution in [2.45, 2.75) is 11.3 Å². The molecule has 1 aliphatic heterocycles. The van der Waals surface area contributed by atoms with Gasteiger partial charge in [0.05, 0.1) is 23.0 Å². The molecule has 1 saturated heterocycles. The Morgan fingerprint density at radius 2 is 2.47 bits per heavy atom. The Morgan fingerprint density at radius 3 is 3.00 bits per heavy atom. The van der Waals surface area contributed by atoms with E-state index in [0.717, 1.165) is 11.4 Å². The summed E-state index contributed by atoms with van der Waals surface area (Å²) in [5.74, 6) is 3.51. The first-order valence-corrected chi connectivity index (χ1v) is 7.40. The summed E-state index contributed by atoms with van der Waals surface area (Å²) >= 11 is 9.99. The molecular formula is C9H14ClN3S2. The highest BCUT2D eigenvalue weighted by atomic mass is 35.5. The molecule has 0 radical (unpaired) electrons. The van der Waals surface area contributed by atoms with E-state index in [2.05, 4.69) is 5.10 Å². The zero-order valence-corrected chi connectivity index (χ0v) is 10.9. The first-order valence-electron chi connectivity index (χ1n) is 4.82. The highest BCUT2D eigenvalue weighted by molar-refractivity contribution is 8.06. The summed E-state index contributed by atoms with van der Waals surface area (Å²) in [5.41, 5.74) is 7.19. The van der Waals surface area contributed by atoms with E-state index >= 15 is 0 Å².